The Kier molecular flexibility index (Phi) is 4.70. The van der Waals surface area contributed by atoms with Crippen molar-refractivity contribution in [3.63, 3.8) is 0 Å². The average Bonchev–Trinajstić information content (AvgIpc) is 2.84. The summed E-state index contributed by atoms with van der Waals surface area (Å²) in [6, 6.07) is 7.72. The molecule has 0 aliphatic carbocycles. The van der Waals surface area contributed by atoms with Gasteiger partial charge in [0.2, 0.25) is 11.8 Å². The first kappa shape index (κ1) is 14.0. The van der Waals surface area contributed by atoms with E-state index in [9.17, 15) is 4.79 Å². The van der Waals surface area contributed by atoms with Crippen molar-refractivity contribution in [3.8, 4) is 0 Å². The summed E-state index contributed by atoms with van der Waals surface area (Å²) in [6.45, 7) is 4.83. The third-order valence-corrected chi connectivity index (χ3v) is 2.71. The molecule has 2 N–H and O–H groups in total. The van der Waals surface area contributed by atoms with Crippen LogP contribution in [0.4, 0.5) is 5.69 Å². The van der Waals surface area contributed by atoms with Gasteiger partial charge >= 0.3 is 0 Å². The van der Waals surface area contributed by atoms with Crippen LogP contribution >= 0.6 is 0 Å². The monoisotopic (exact) mass is 274 g/mol. The Balaban J connectivity index is 1.86. The van der Waals surface area contributed by atoms with E-state index in [2.05, 4.69) is 20.8 Å². The largest absolute Gasteiger partial charge is 0.378 e. The smallest absolute Gasteiger partial charge is 0.224 e. The van der Waals surface area contributed by atoms with E-state index < -0.39 is 0 Å². The van der Waals surface area contributed by atoms with Crippen molar-refractivity contribution in [1.29, 1.82) is 0 Å². The quantitative estimate of drug-likeness (QED) is 0.837. The molecule has 0 fully saturated rings. The number of anilines is 1. The SMILES string of the molecule is CCNC(=O)Cc1ccc(NCc2noc(C)n2)cc1. The van der Waals surface area contributed by atoms with Crippen molar-refractivity contribution >= 4 is 11.6 Å². The second-order valence-corrected chi connectivity index (χ2v) is 4.41. The molecule has 1 amide bonds. The Morgan fingerprint density at radius 2 is 2.05 bits per heavy atom. The zero-order valence-corrected chi connectivity index (χ0v) is 11.6. The molecule has 1 heterocycles. The Morgan fingerprint density at radius 3 is 2.65 bits per heavy atom. The molecule has 6 heteroatoms. The first-order valence-electron chi connectivity index (χ1n) is 6.56. The normalized spacial score (nSPS) is 10.3. The van der Waals surface area contributed by atoms with Gasteiger partial charge in [0.05, 0.1) is 13.0 Å². The highest BCUT2D eigenvalue weighted by molar-refractivity contribution is 5.78. The van der Waals surface area contributed by atoms with Gasteiger partial charge < -0.3 is 15.2 Å². The molecule has 0 spiro atoms. The van der Waals surface area contributed by atoms with Crippen LogP contribution in [-0.2, 0) is 17.8 Å². The first-order chi connectivity index (χ1) is 9.67. The minimum atomic E-state index is 0.0375. The van der Waals surface area contributed by atoms with Gasteiger partial charge in [-0.2, -0.15) is 4.98 Å². The van der Waals surface area contributed by atoms with Gasteiger partial charge in [-0.05, 0) is 24.6 Å². The predicted molar refractivity (Wildman–Crippen MR) is 75.2 cm³/mol. The molecule has 0 saturated heterocycles. The molecule has 0 atom stereocenters. The number of amides is 1. The molecule has 0 saturated carbocycles. The van der Waals surface area contributed by atoms with Crippen LogP contribution < -0.4 is 10.6 Å². The topological polar surface area (TPSA) is 80.0 Å². The van der Waals surface area contributed by atoms with Gasteiger partial charge in [0.25, 0.3) is 0 Å². The minimum absolute atomic E-state index is 0.0375. The highest BCUT2D eigenvalue weighted by Gasteiger charge is 2.03. The maximum absolute atomic E-state index is 11.5. The van der Waals surface area contributed by atoms with Crippen molar-refractivity contribution in [1.82, 2.24) is 15.5 Å². The van der Waals surface area contributed by atoms with Gasteiger partial charge in [-0.25, -0.2) is 0 Å². The van der Waals surface area contributed by atoms with E-state index in [-0.39, 0.29) is 5.91 Å². The summed E-state index contributed by atoms with van der Waals surface area (Å²) >= 11 is 0. The van der Waals surface area contributed by atoms with Crippen molar-refractivity contribution in [2.24, 2.45) is 0 Å². The standard InChI is InChI=1S/C14H18N4O2/c1-3-15-14(19)8-11-4-6-12(7-5-11)16-9-13-17-10(2)20-18-13/h4-7,16H,3,8-9H2,1-2H3,(H,15,19). The Morgan fingerprint density at radius 1 is 1.30 bits per heavy atom. The van der Waals surface area contributed by atoms with Crippen LogP contribution in [0.1, 0.15) is 24.2 Å². The third kappa shape index (κ3) is 4.08. The molecule has 20 heavy (non-hydrogen) atoms. The Labute approximate surface area is 117 Å². The molecule has 0 radical (unpaired) electrons. The number of likely N-dealkylation sites (N-methyl/N-ethyl adjacent to an activating group) is 1. The van der Waals surface area contributed by atoms with Gasteiger partial charge in [-0.3, -0.25) is 4.79 Å². The van der Waals surface area contributed by atoms with E-state index in [1.54, 1.807) is 6.92 Å². The van der Waals surface area contributed by atoms with E-state index >= 15 is 0 Å². The molecule has 0 unspecified atom stereocenters. The number of carbonyl (C=O) groups excluding carboxylic acids is 1. The predicted octanol–water partition coefficient (Wildman–Crippen LogP) is 1.67. The number of nitrogens with zero attached hydrogens (tertiary/aromatic N) is 2. The van der Waals surface area contributed by atoms with Crippen molar-refractivity contribution in [2.45, 2.75) is 26.8 Å². The van der Waals surface area contributed by atoms with Crippen LogP contribution in [0.3, 0.4) is 0 Å². The number of carbonyl (C=O) groups is 1. The lowest BCUT2D eigenvalue weighted by molar-refractivity contribution is -0.120. The summed E-state index contributed by atoms with van der Waals surface area (Å²) in [5, 5.41) is 9.78. The number of nitrogens with one attached hydrogen (secondary N) is 2. The van der Waals surface area contributed by atoms with Crippen LogP contribution in [0.15, 0.2) is 28.8 Å². The number of hydrogen-bond donors (Lipinski definition) is 2. The molecule has 0 bridgehead atoms. The summed E-state index contributed by atoms with van der Waals surface area (Å²) < 4.78 is 4.89. The van der Waals surface area contributed by atoms with E-state index in [1.807, 2.05) is 31.2 Å². The summed E-state index contributed by atoms with van der Waals surface area (Å²) in [5.41, 5.74) is 1.93. The van der Waals surface area contributed by atoms with Crippen LogP contribution in [0, 0.1) is 6.92 Å². The lowest BCUT2D eigenvalue weighted by Crippen LogP contribution is -2.24. The average molecular weight is 274 g/mol. The summed E-state index contributed by atoms with van der Waals surface area (Å²) in [4.78, 5) is 15.6. The second kappa shape index (κ2) is 6.70. The number of hydrogen-bond acceptors (Lipinski definition) is 5. The van der Waals surface area contributed by atoms with Gasteiger partial charge in [0, 0.05) is 19.2 Å². The molecule has 0 aliphatic rings. The maximum atomic E-state index is 11.5. The van der Waals surface area contributed by atoms with Gasteiger partial charge in [0.15, 0.2) is 5.82 Å². The third-order valence-electron chi connectivity index (χ3n) is 2.71. The fraction of sp³-hybridized carbons (Fsp3) is 0.357. The molecule has 1 aromatic heterocycles. The zero-order valence-electron chi connectivity index (χ0n) is 11.6. The van der Waals surface area contributed by atoms with Crippen molar-refractivity contribution in [3.05, 3.63) is 41.5 Å². The fourth-order valence-electron chi connectivity index (χ4n) is 1.78. The van der Waals surface area contributed by atoms with Gasteiger partial charge in [-0.1, -0.05) is 17.3 Å². The van der Waals surface area contributed by atoms with E-state index in [0.29, 0.717) is 31.2 Å². The van der Waals surface area contributed by atoms with Crippen molar-refractivity contribution < 1.29 is 9.32 Å². The molecule has 6 nitrogen and oxygen atoms in total. The van der Waals surface area contributed by atoms with Crippen LogP contribution in [-0.4, -0.2) is 22.6 Å². The second-order valence-electron chi connectivity index (χ2n) is 4.41. The van der Waals surface area contributed by atoms with Gasteiger partial charge in [-0.15, -0.1) is 0 Å². The lowest BCUT2D eigenvalue weighted by atomic mass is 10.1. The summed E-state index contributed by atoms with van der Waals surface area (Å²) in [6.07, 6.45) is 0.401. The Hall–Kier alpha value is -2.37. The van der Waals surface area contributed by atoms with Crippen LogP contribution in [0.2, 0.25) is 0 Å². The van der Waals surface area contributed by atoms with Gasteiger partial charge in [0.1, 0.15) is 0 Å². The van der Waals surface area contributed by atoms with Crippen LogP contribution in [0.5, 0.6) is 0 Å². The molecule has 1 aromatic carbocycles. The number of rotatable bonds is 6. The zero-order chi connectivity index (χ0) is 14.4. The summed E-state index contributed by atoms with van der Waals surface area (Å²) in [5.74, 6) is 1.21. The number of benzene rings is 1. The molecule has 2 rings (SSSR count). The highest BCUT2D eigenvalue weighted by Crippen LogP contribution is 2.11. The number of aryl methyl sites for hydroxylation is 1. The molecular formula is C14H18N4O2. The minimum Gasteiger partial charge on any atom is -0.378 e. The van der Waals surface area contributed by atoms with Crippen LogP contribution in [0.25, 0.3) is 0 Å². The van der Waals surface area contributed by atoms with Crippen molar-refractivity contribution in [2.75, 3.05) is 11.9 Å². The first-order valence-corrected chi connectivity index (χ1v) is 6.56. The molecule has 106 valence electrons. The molecule has 2 aromatic rings. The Bertz CT molecular complexity index is 563. The van der Waals surface area contributed by atoms with E-state index in [0.717, 1.165) is 11.3 Å². The lowest BCUT2D eigenvalue weighted by Gasteiger charge is -2.06. The highest BCUT2D eigenvalue weighted by atomic mass is 16.5. The molecule has 0 aliphatic heterocycles. The molecular weight excluding hydrogens is 256 g/mol. The maximum Gasteiger partial charge on any atom is 0.224 e. The number of aromatic nitrogens is 2. The van der Waals surface area contributed by atoms with E-state index in [4.69, 9.17) is 4.52 Å². The fourth-order valence-corrected chi connectivity index (χ4v) is 1.78. The summed E-state index contributed by atoms with van der Waals surface area (Å²) in [7, 11) is 0. The van der Waals surface area contributed by atoms with E-state index in [1.165, 1.54) is 0 Å².